The second-order valence-electron chi connectivity index (χ2n) is 17.3. The minimum Gasteiger partial charge on any atom is -0.508 e. The van der Waals surface area contributed by atoms with Gasteiger partial charge in [0.2, 0.25) is 59.1 Å². The number of nitrogens with one attached hydrogen (secondary N) is 7. The number of phenols is 1. The highest BCUT2D eigenvalue weighted by atomic mass is 33.1. The number of likely N-dealkylation sites (tertiary alicyclic amines) is 1. The molecule has 2 saturated heterocycles. The molecule has 0 saturated carbocycles. The molecular weight excluding hydrogens is 943 g/mol. The normalized spacial score (nSPS) is 24.3. The number of carbonyl (C=O) groups excluding carboxylic acids is 10. The second kappa shape index (κ2) is 27.7. The van der Waals surface area contributed by atoms with Crippen molar-refractivity contribution in [1.82, 2.24) is 42.1 Å². The van der Waals surface area contributed by atoms with E-state index in [0.717, 1.165) is 21.6 Å². The number of primary amides is 2. The number of phenolic OH excluding ortho intramolecular Hbond substituents is 1. The summed E-state index contributed by atoms with van der Waals surface area (Å²) in [6.45, 7) is 6.31. The zero-order valence-corrected chi connectivity index (χ0v) is 40.6. The minimum absolute atomic E-state index is 0.0332. The Balaban J connectivity index is 2.05. The van der Waals surface area contributed by atoms with Crippen molar-refractivity contribution in [2.24, 2.45) is 29.0 Å². The summed E-state index contributed by atoms with van der Waals surface area (Å²) in [6, 6.07) is -5.19. The quantitative estimate of drug-likeness (QED) is 0.0692. The van der Waals surface area contributed by atoms with Crippen LogP contribution in [0.2, 0.25) is 0 Å². The summed E-state index contributed by atoms with van der Waals surface area (Å²) in [5.41, 5.74) is 17.7. The van der Waals surface area contributed by atoms with Crippen LogP contribution in [0.3, 0.4) is 0 Å². The van der Waals surface area contributed by atoms with Crippen molar-refractivity contribution >= 4 is 86.6 Å². The monoisotopic (exact) mass is 1010 g/mol. The average molecular weight is 1010 g/mol. The van der Waals surface area contributed by atoms with Crippen molar-refractivity contribution in [2.45, 2.75) is 127 Å². The molecule has 0 spiro atoms. The van der Waals surface area contributed by atoms with E-state index in [0.29, 0.717) is 18.4 Å². The largest absolute Gasteiger partial charge is 0.508 e. The van der Waals surface area contributed by atoms with Crippen molar-refractivity contribution in [3.8, 4) is 5.75 Å². The van der Waals surface area contributed by atoms with Gasteiger partial charge in [0.15, 0.2) is 0 Å². The van der Waals surface area contributed by atoms with E-state index in [9.17, 15) is 57.8 Å². The summed E-state index contributed by atoms with van der Waals surface area (Å²) in [6.07, 6.45) is -0.798. The maximum Gasteiger partial charge on any atom is 0.322 e. The number of aromatic hydroxyl groups is 1. The Bertz CT molecular complexity index is 2050. The zero-order valence-electron chi connectivity index (χ0n) is 38.9. The third kappa shape index (κ3) is 18.7. The predicted octanol–water partition coefficient (Wildman–Crippen LogP) is -3.01. The van der Waals surface area contributed by atoms with Crippen molar-refractivity contribution < 1.29 is 63.0 Å². The lowest BCUT2D eigenvalue weighted by Gasteiger charge is -2.31. The molecule has 0 radical (unpaired) electrons. The summed E-state index contributed by atoms with van der Waals surface area (Å²) >= 11 is 0. The molecule has 382 valence electrons. The van der Waals surface area contributed by atoms with E-state index in [2.05, 4.69) is 37.2 Å². The lowest BCUT2D eigenvalue weighted by molar-refractivity contribution is -0.142. The van der Waals surface area contributed by atoms with Gasteiger partial charge in [-0.2, -0.15) is 0 Å². The van der Waals surface area contributed by atoms with Crippen LogP contribution in [-0.4, -0.2) is 153 Å². The molecule has 1 aromatic carbocycles. The maximum atomic E-state index is 14.5. The van der Waals surface area contributed by atoms with Gasteiger partial charge in [-0.05, 0) is 55.2 Å². The summed E-state index contributed by atoms with van der Waals surface area (Å²) in [4.78, 5) is 148. The van der Waals surface area contributed by atoms with Crippen LogP contribution in [0.1, 0.15) is 78.2 Å². The van der Waals surface area contributed by atoms with Gasteiger partial charge in [-0.1, -0.05) is 67.8 Å². The Labute approximate surface area is 407 Å². The van der Waals surface area contributed by atoms with Gasteiger partial charge in [0.25, 0.3) is 0 Å². The predicted molar refractivity (Wildman–Crippen MR) is 253 cm³/mol. The van der Waals surface area contributed by atoms with Crippen molar-refractivity contribution in [1.29, 1.82) is 0 Å². The van der Waals surface area contributed by atoms with Gasteiger partial charge < -0.3 is 69.5 Å². The molecule has 69 heavy (non-hydrogen) atoms. The number of carboxylic acid groups (broad SMARTS) is 1. The summed E-state index contributed by atoms with van der Waals surface area (Å²) in [5.74, 6) is -11.1. The van der Waals surface area contributed by atoms with Crippen molar-refractivity contribution in [2.75, 3.05) is 24.6 Å². The van der Waals surface area contributed by atoms with Crippen LogP contribution in [0.15, 0.2) is 24.3 Å². The van der Waals surface area contributed by atoms with Crippen LogP contribution >= 0.6 is 21.6 Å². The molecule has 1 aromatic rings. The number of hydrogen-bond donors (Lipinski definition) is 12. The molecule has 24 nitrogen and oxygen atoms in total. The first-order valence-corrected chi connectivity index (χ1v) is 25.0. The smallest absolute Gasteiger partial charge is 0.322 e. The highest BCUT2D eigenvalue weighted by Gasteiger charge is 2.41. The Morgan fingerprint density at radius 2 is 1.42 bits per heavy atom. The lowest BCUT2D eigenvalue weighted by Crippen LogP contribution is -2.61. The van der Waals surface area contributed by atoms with Crippen LogP contribution in [0.5, 0.6) is 5.75 Å². The molecule has 2 heterocycles. The van der Waals surface area contributed by atoms with E-state index in [1.54, 1.807) is 27.7 Å². The SMILES string of the molecule is CC[C@H](C)[C@@H]1NC(=O)[C@H](Cc2ccc(O)cc2)NC(=O)[C@@H](N)CSSC[C@@H](C(=O)N2CCC[C@H]2C(=O)N[C@@H](CC(C)C)C(=O)NCC(=O)O)NC(=O)[C@H](CC(N)=O)NC(=O)[C@H](CCC(N)=O)NC1=O. The lowest BCUT2D eigenvalue weighted by atomic mass is 9.96. The molecule has 3 rings (SSSR count). The summed E-state index contributed by atoms with van der Waals surface area (Å²) in [5, 5.41) is 36.6. The fraction of sp³-hybridized carbons (Fsp3) is 0.605. The minimum atomic E-state index is -1.76. The Hall–Kier alpha value is -6.15. The number of nitrogens with zero attached hydrogens (tertiary/aromatic N) is 1. The maximum absolute atomic E-state index is 14.5. The molecule has 2 aliphatic rings. The summed E-state index contributed by atoms with van der Waals surface area (Å²) < 4.78 is 0. The standard InChI is InChI=1S/C43H65N11O13S2/c1-5-22(4)35-42(66)48-26(12-13-32(45)56)38(62)50-29(17-33(46)57)39(63)52-30(20-69-68-19-25(44)36(60)49-28(40(64)53-35)16-23-8-10-24(55)11-9-23)43(67)54-14-6-7-31(54)41(65)51-27(15-21(2)3)37(61)47-18-34(58)59/h8-11,21-22,25-31,35,55H,5-7,12-20,44H2,1-4H3,(H2,45,56)(H2,46,57)(H,47,61)(H,48,66)(H,49,60)(H,50,62)(H,51,65)(H,52,63)(H,53,64)(H,58,59)/t22-,25-,26-,27-,28-,29-,30-,31-,35-/m0/s1. The molecule has 26 heteroatoms. The molecule has 15 N–H and O–H groups in total. The van der Waals surface area contributed by atoms with Gasteiger partial charge in [0.1, 0.15) is 54.6 Å². The molecule has 2 aliphatic heterocycles. The zero-order chi connectivity index (χ0) is 51.5. The average Bonchev–Trinajstić information content (AvgIpc) is 3.78. The number of carbonyl (C=O) groups is 11. The van der Waals surface area contributed by atoms with E-state index in [4.69, 9.17) is 22.3 Å². The van der Waals surface area contributed by atoms with Crippen LogP contribution in [0.25, 0.3) is 0 Å². The van der Waals surface area contributed by atoms with Crippen molar-refractivity contribution in [3.05, 3.63) is 29.8 Å². The number of hydrogen-bond acceptors (Lipinski definition) is 15. The fourth-order valence-electron chi connectivity index (χ4n) is 7.33. The van der Waals surface area contributed by atoms with Gasteiger partial charge in [-0.3, -0.25) is 52.7 Å². The number of rotatable bonds is 17. The van der Waals surface area contributed by atoms with E-state index in [1.165, 1.54) is 29.2 Å². The number of amides is 10. The van der Waals surface area contributed by atoms with Gasteiger partial charge >= 0.3 is 5.97 Å². The number of aliphatic carboxylic acids is 1. The second-order valence-corrected chi connectivity index (χ2v) is 19.9. The topological polar surface area (TPSA) is 394 Å². The first kappa shape index (κ1) is 57.2. The van der Waals surface area contributed by atoms with E-state index < -0.39 is 145 Å². The molecule has 0 unspecified atom stereocenters. The van der Waals surface area contributed by atoms with Gasteiger partial charge in [-0.15, -0.1) is 0 Å². The molecule has 2 fully saturated rings. The van der Waals surface area contributed by atoms with Crippen LogP contribution in [0, 0.1) is 11.8 Å². The molecular formula is C43H65N11O13S2. The van der Waals surface area contributed by atoms with E-state index >= 15 is 0 Å². The molecule has 0 aliphatic carbocycles. The van der Waals surface area contributed by atoms with E-state index in [-0.39, 0.29) is 49.0 Å². The first-order valence-electron chi connectivity index (χ1n) is 22.5. The molecule has 10 amide bonds. The van der Waals surface area contributed by atoms with Crippen LogP contribution in [-0.2, 0) is 59.2 Å². The highest BCUT2D eigenvalue weighted by Crippen LogP contribution is 2.26. The van der Waals surface area contributed by atoms with Gasteiger partial charge in [0.05, 0.1) is 12.5 Å². The first-order chi connectivity index (χ1) is 32.5. The third-order valence-electron chi connectivity index (χ3n) is 11.3. The third-order valence-corrected chi connectivity index (χ3v) is 13.7. The van der Waals surface area contributed by atoms with E-state index in [1.807, 2.05) is 0 Å². The van der Waals surface area contributed by atoms with Crippen LogP contribution < -0.4 is 54.4 Å². The Kier molecular flexibility index (Phi) is 23.0. The highest BCUT2D eigenvalue weighted by molar-refractivity contribution is 8.76. The Morgan fingerprint density at radius 1 is 0.812 bits per heavy atom. The Morgan fingerprint density at radius 3 is 2.03 bits per heavy atom. The molecule has 0 aromatic heterocycles. The summed E-state index contributed by atoms with van der Waals surface area (Å²) in [7, 11) is 2.03. The molecule has 9 atom stereocenters. The fourth-order valence-corrected chi connectivity index (χ4v) is 9.61. The molecule has 0 bridgehead atoms. The van der Waals surface area contributed by atoms with Gasteiger partial charge in [0, 0.05) is 30.9 Å². The number of benzene rings is 1. The number of carboxylic acids is 1. The van der Waals surface area contributed by atoms with Crippen molar-refractivity contribution in [3.63, 3.8) is 0 Å². The number of nitrogens with two attached hydrogens (primary N) is 3. The van der Waals surface area contributed by atoms with Gasteiger partial charge in [-0.25, -0.2) is 0 Å². The van der Waals surface area contributed by atoms with Crippen LogP contribution in [0.4, 0.5) is 0 Å².